The summed E-state index contributed by atoms with van der Waals surface area (Å²) < 4.78 is 0. The van der Waals surface area contributed by atoms with E-state index in [1.165, 1.54) is 11.3 Å². The van der Waals surface area contributed by atoms with E-state index in [1.807, 2.05) is 0 Å². The van der Waals surface area contributed by atoms with Gasteiger partial charge in [0.2, 0.25) is 0 Å². The van der Waals surface area contributed by atoms with E-state index in [0.717, 1.165) is 0 Å². The van der Waals surface area contributed by atoms with Crippen molar-refractivity contribution in [2.24, 2.45) is 0 Å². The molecule has 0 spiro atoms. The number of nitrogens with zero attached hydrogens (tertiary/aromatic N) is 1. The zero-order chi connectivity index (χ0) is 13.0. The lowest BCUT2D eigenvalue weighted by Gasteiger charge is -2.04. The SMILES string of the molecule is O=C(CBr)c1ccc(NC(=O)c2cscn2)cc1. The average molecular weight is 325 g/mol. The van der Waals surface area contributed by atoms with Crippen LogP contribution in [0.1, 0.15) is 20.8 Å². The number of rotatable bonds is 4. The zero-order valence-electron chi connectivity index (χ0n) is 9.22. The Morgan fingerprint density at radius 1 is 1.28 bits per heavy atom. The van der Waals surface area contributed by atoms with Crippen LogP contribution in [-0.2, 0) is 0 Å². The number of carbonyl (C=O) groups excluding carboxylic acids is 2. The van der Waals surface area contributed by atoms with Gasteiger partial charge in [-0.05, 0) is 24.3 Å². The molecule has 0 bridgehead atoms. The number of halogens is 1. The summed E-state index contributed by atoms with van der Waals surface area (Å²) in [6.07, 6.45) is 0. The van der Waals surface area contributed by atoms with Crippen molar-refractivity contribution in [3.05, 3.63) is 46.4 Å². The second kappa shape index (κ2) is 5.88. The predicted octanol–water partition coefficient (Wildman–Crippen LogP) is 2.97. The molecule has 2 aromatic rings. The maximum Gasteiger partial charge on any atom is 0.275 e. The predicted molar refractivity (Wildman–Crippen MR) is 74.6 cm³/mol. The van der Waals surface area contributed by atoms with Crippen molar-refractivity contribution in [1.29, 1.82) is 0 Å². The fraction of sp³-hybridized carbons (Fsp3) is 0.0833. The van der Waals surface area contributed by atoms with Crippen LogP contribution in [0, 0.1) is 0 Å². The molecule has 18 heavy (non-hydrogen) atoms. The number of nitrogens with one attached hydrogen (secondary N) is 1. The van der Waals surface area contributed by atoms with Crippen LogP contribution in [0.25, 0.3) is 0 Å². The smallest absolute Gasteiger partial charge is 0.275 e. The van der Waals surface area contributed by atoms with Crippen molar-refractivity contribution < 1.29 is 9.59 Å². The molecule has 0 aliphatic heterocycles. The molecule has 0 saturated carbocycles. The number of hydrogen-bond donors (Lipinski definition) is 1. The molecular weight excluding hydrogens is 316 g/mol. The molecule has 4 nitrogen and oxygen atoms in total. The van der Waals surface area contributed by atoms with Gasteiger partial charge in [-0.25, -0.2) is 4.98 Å². The van der Waals surface area contributed by atoms with E-state index in [9.17, 15) is 9.59 Å². The van der Waals surface area contributed by atoms with Crippen LogP contribution in [0.2, 0.25) is 0 Å². The summed E-state index contributed by atoms with van der Waals surface area (Å²) in [5.41, 5.74) is 3.24. The fourth-order valence-corrected chi connectivity index (χ4v) is 2.19. The highest BCUT2D eigenvalue weighted by molar-refractivity contribution is 9.09. The van der Waals surface area contributed by atoms with E-state index < -0.39 is 0 Å². The largest absolute Gasteiger partial charge is 0.321 e. The van der Waals surface area contributed by atoms with Crippen LogP contribution in [0.4, 0.5) is 5.69 Å². The molecule has 92 valence electrons. The van der Waals surface area contributed by atoms with Crippen molar-refractivity contribution >= 4 is 44.6 Å². The highest BCUT2D eigenvalue weighted by Gasteiger charge is 2.08. The molecule has 0 saturated heterocycles. The van der Waals surface area contributed by atoms with Crippen molar-refractivity contribution in [1.82, 2.24) is 4.98 Å². The van der Waals surface area contributed by atoms with Crippen molar-refractivity contribution in [2.75, 3.05) is 10.6 Å². The average Bonchev–Trinajstić information content (AvgIpc) is 2.92. The van der Waals surface area contributed by atoms with Gasteiger partial charge >= 0.3 is 0 Å². The number of alkyl halides is 1. The molecule has 1 amide bonds. The number of aromatic nitrogens is 1. The Hall–Kier alpha value is -1.53. The third-order valence-electron chi connectivity index (χ3n) is 2.25. The molecule has 0 radical (unpaired) electrons. The van der Waals surface area contributed by atoms with Gasteiger partial charge in [0.05, 0.1) is 10.8 Å². The molecule has 1 aromatic heterocycles. The minimum absolute atomic E-state index is 0.00683. The van der Waals surface area contributed by atoms with Crippen molar-refractivity contribution in [3.8, 4) is 0 Å². The summed E-state index contributed by atoms with van der Waals surface area (Å²) in [7, 11) is 0. The molecule has 2 rings (SSSR count). The van der Waals surface area contributed by atoms with E-state index in [4.69, 9.17) is 0 Å². The lowest BCUT2D eigenvalue weighted by atomic mass is 10.1. The van der Waals surface area contributed by atoms with E-state index in [0.29, 0.717) is 16.9 Å². The van der Waals surface area contributed by atoms with Crippen LogP contribution < -0.4 is 5.32 Å². The number of benzene rings is 1. The molecule has 1 N–H and O–H groups in total. The van der Waals surface area contributed by atoms with Crippen molar-refractivity contribution in [3.63, 3.8) is 0 Å². The van der Waals surface area contributed by atoms with Crippen LogP contribution in [0.15, 0.2) is 35.2 Å². The van der Waals surface area contributed by atoms with E-state index >= 15 is 0 Å². The van der Waals surface area contributed by atoms with Gasteiger partial charge in [-0.15, -0.1) is 11.3 Å². The number of Topliss-reactive ketones (excluding diaryl/α,β-unsaturated/α-hetero) is 1. The molecule has 0 unspecified atom stereocenters. The summed E-state index contributed by atoms with van der Waals surface area (Å²) in [4.78, 5) is 27.0. The van der Waals surface area contributed by atoms with Gasteiger partial charge in [-0.3, -0.25) is 9.59 Å². The van der Waals surface area contributed by atoms with E-state index in [2.05, 4.69) is 26.2 Å². The number of amides is 1. The Morgan fingerprint density at radius 3 is 2.56 bits per heavy atom. The second-order valence-electron chi connectivity index (χ2n) is 3.46. The number of ketones is 1. The summed E-state index contributed by atoms with van der Waals surface area (Å²) in [6.45, 7) is 0. The Kier molecular flexibility index (Phi) is 4.22. The lowest BCUT2D eigenvalue weighted by molar-refractivity contribution is 0.101. The molecule has 1 heterocycles. The van der Waals surface area contributed by atoms with Crippen molar-refractivity contribution in [2.45, 2.75) is 0 Å². The van der Waals surface area contributed by atoms with Gasteiger partial charge in [0, 0.05) is 16.6 Å². The van der Waals surface area contributed by atoms with Crippen LogP contribution in [0.3, 0.4) is 0 Å². The topological polar surface area (TPSA) is 59.1 Å². The molecular formula is C12H9BrN2O2S. The van der Waals surface area contributed by atoms with E-state index in [1.54, 1.807) is 35.2 Å². The third-order valence-corrected chi connectivity index (χ3v) is 3.35. The van der Waals surface area contributed by atoms with E-state index in [-0.39, 0.29) is 17.0 Å². The second-order valence-corrected chi connectivity index (χ2v) is 4.74. The van der Waals surface area contributed by atoms with Gasteiger partial charge in [0.25, 0.3) is 5.91 Å². The summed E-state index contributed by atoms with van der Waals surface area (Å²) >= 11 is 4.48. The summed E-state index contributed by atoms with van der Waals surface area (Å²) in [6, 6.07) is 6.75. The Labute approximate surface area is 116 Å². The molecule has 0 fully saturated rings. The fourth-order valence-electron chi connectivity index (χ4n) is 1.34. The minimum atomic E-state index is -0.254. The first kappa shape index (κ1) is 12.9. The maximum absolute atomic E-state index is 11.7. The zero-order valence-corrected chi connectivity index (χ0v) is 11.6. The third kappa shape index (κ3) is 3.02. The number of carbonyl (C=O) groups is 2. The molecule has 1 aromatic carbocycles. The van der Waals surface area contributed by atoms with Crippen LogP contribution in [-0.4, -0.2) is 22.0 Å². The Morgan fingerprint density at radius 2 is 2.00 bits per heavy atom. The molecule has 0 atom stereocenters. The van der Waals surface area contributed by atoms with Gasteiger partial charge in [0.15, 0.2) is 5.78 Å². The maximum atomic E-state index is 11.7. The monoisotopic (exact) mass is 324 g/mol. The quantitative estimate of drug-likeness (QED) is 0.694. The first-order chi connectivity index (χ1) is 8.70. The van der Waals surface area contributed by atoms with Crippen LogP contribution >= 0.6 is 27.3 Å². The molecule has 6 heteroatoms. The highest BCUT2D eigenvalue weighted by Crippen LogP contribution is 2.12. The first-order valence-corrected chi connectivity index (χ1v) is 7.16. The number of anilines is 1. The highest BCUT2D eigenvalue weighted by atomic mass is 79.9. The number of thiazole rings is 1. The molecule has 0 aliphatic carbocycles. The Balaban J connectivity index is 2.07. The van der Waals surface area contributed by atoms with Gasteiger partial charge in [-0.2, -0.15) is 0 Å². The van der Waals surface area contributed by atoms with Gasteiger partial charge in [-0.1, -0.05) is 15.9 Å². The minimum Gasteiger partial charge on any atom is -0.321 e. The lowest BCUT2D eigenvalue weighted by Crippen LogP contribution is -2.12. The number of hydrogen-bond acceptors (Lipinski definition) is 4. The standard InChI is InChI=1S/C12H9BrN2O2S/c13-5-11(16)8-1-3-9(4-2-8)15-12(17)10-6-18-7-14-10/h1-4,6-7H,5H2,(H,15,17). The summed E-state index contributed by atoms with van der Waals surface area (Å²) in [5.74, 6) is -0.247. The molecule has 0 aliphatic rings. The summed E-state index contributed by atoms with van der Waals surface area (Å²) in [5, 5.41) is 4.68. The Bertz CT molecular complexity index is 552. The van der Waals surface area contributed by atoms with Gasteiger partial charge < -0.3 is 5.32 Å². The normalized spacial score (nSPS) is 10.1. The first-order valence-electron chi connectivity index (χ1n) is 5.09. The van der Waals surface area contributed by atoms with Gasteiger partial charge in [0.1, 0.15) is 5.69 Å². The van der Waals surface area contributed by atoms with Crippen LogP contribution in [0.5, 0.6) is 0 Å².